The number of carbonyl (C=O) groups excluding carboxylic acids is 1. The van der Waals surface area contributed by atoms with Crippen molar-refractivity contribution in [3.8, 4) is 0 Å². The molecule has 3 N–H and O–H groups in total. The largest absolute Gasteiger partial charge is 0.323 e. The van der Waals surface area contributed by atoms with Crippen molar-refractivity contribution in [1.29, 1.82) is 0 Å². The number of nitrogens with one attached hydrogen (secondary N) is 3. The second-order valence-corrected chi connectivity index (χ2v) is 8.02. The number of imidazole rings is 1. The lowest BCUT2D eigenvalue weighted by atomic mass is 10.2. The number of amides is 1. The summed E-state index contributed by atoms with van der Waals surface area (Å²) in [7, 11) is 0. The van der Waals surface area contributed by atoms with E-state index in [9.17, 15) is 9.59 Å². The second kappa shape index (κ2) is 7.42. The van der Waals surface area contributed by atoms with Crippen LogP contribution in [0.5, 0.6) is 0 Å². The van der Waals surface area contributed by atoms with Gasteiger partial charge < -0.3 is 15.3 Å². The van der Waals surface area contributed by atoms with Crippen LogP contribution in [-0.2, 0) is 5.75 Å². The predicted molar refractivity (Wildman–Crippen MR) is 110 cm³/mol. The highest BCUT2D eigenvalue weighted by molar-refractivity contribution is 7.98. The van der Waals surface area contributed by atoms with E-state index in [0.29, 0.717) is 28.0 Å². The second-order valence-electron chi connectivity index (χ2n) is 5.94. The van der Waals surface area contributed by atoms with Crippen molar-refractivity contribution in [3.05, 3.63) is 74.6 Å². The zero-order chi connectivity index (χ0) is 18.8. The maximum Gasteiger partial charge on any atom is 0.323 e. The highest BCUT2D eigenvalue weighted by Crippen LogP contribution is 2.27. The van der Waals surface area contributed by atoms with Gasteiger partial charge in [-0.3, -0.25) is 4.79 Å². The molecule has 0 bridgehead atoms. The SMILES string of the molecule is Cc1nc(CSc2ccccc2C(=O)Nc2ccc3[nH]c(=O)[nH]c3c2)cs1. The van der Waals surface area contributed by atoms with Crippen LogP contribution in [0.3, 0.4) is 0 Å². The molecule has 0 spiro atoms. The average molecular weight is 396 g/mol. The molecule has 2 aromatic carbocycles. The highest BCUT2D eigenvalue weighted by atomic mass is 32.2. The molecule has 0 unspecified atom stereocenters. The normalized spacial score (nSPS) is 11.0. The van der Waals surface area contributed by atoms with Crippen LogP contribution >= 0.6 is 23.1 Å². The minimum absolute atomic E-state index is 0.190. The Morgan fingerprint density at radius 1 is 1.19 bits per heavy atom. The third-order valence-electron chi connectivity index (χ3n) is 3.95. The molecule has 0 atom stereocenters. The molecule has 6 nitrogen and oxygen atoms in total. The first-order valence-electron chi connectivity index (χ1n) is 8.25. The van der Waals surface area contributed by atoms with Crippen LogP contribution in [0.25, 0.3) is 11.0 Å². The number of H-pyrrole nitrogens is 2. The van der Waals surface area contributed by atoms with Gasteiger partial charge >= 0.3 is 5.69 Å². The Morgan fingerprint density at radius 2 is 2.00 bits per heavy atom. The number of nitrogens with zero attached hydrogens (tertiary/aromatic N) is 1. The minimum Gasteiger partial charge on any atom is -0.322 e. The number of hydrogen-bond acceptors (Lipinski definition) is 5. The Morgan fingerprint density at radius 3 is 2.81 bits per heavy atom. The molecule has 0 radical (unpaired) electrons. The summed E-state index contributed by atoms with van der Waals surface area (Å²) in [4.78, 5) is 34.9. The van der Waals surface area contributed by atoms with Gasteiger partial charge in [0, 0.05) is 21.7 Å². The van der Waals surface area contributed by atoms with E-state index in [-0.39, 0.29) is 11.6 Å². The summed E-state index contributed by atoms with van der Waals surface area (Å²) in [5, 5.41) is 5.98. The highest BCUT2D eigenvalue weighted by Gasteiger charge is 2.13. The summed E-state index contributed by atoms with van der Waals surface area (Å²) >= 11 is 3.21. The fourth-order valence-corrected chi connectivity index (χ4v) is 4.38. The predicted octanol–water partition coefficient (Wildman–Crippen LogP) is 4.17. The van der Waals surface area contributed by atoms with Gasteiger partial charge in [0.1, 0.15) is 0 Å². The first kappa shape index (κ1) is 17.6. The van der Waals surface area contributed by atoms with Crippen molar-refractivity contribution in [2.45, 2.75) is 17.6 Å². The van der Waals surface area contributed by atoms with Crippen LogP contribution in [-0.4, -0.2) is 20.9 Å². The number of aromatic nitrogens is 3. The number of thiazole rings is 1. The summed E-state index contributed by atoms with van der Waals surface area (Å²) in [6.45, 7) is 1.98. The molecule has 4 aromatic rings. The number of rotatable bonds is 5. The molecule has 2 aromatic heterocycles. The minimum atomic E-state index is -0.271. The van der Waals surface area contributed by atoms with Gasteiger partial charge in [0.15, 0.2) is 0 Å². The summed E-state index contributed by atoms with van der Waals surface area (Å²) in [6, 6.07) is 12.8. The molecule has 1 amide bonds. The van der Waals surface area contributed by atoms with Gasteiger partial charge in [0.25, 0.3) is 5.91 Å². The molecule has 4 rings (SSSR count). The first-order valence-corrected chi connectivity index (χ1v) is 10.1. The first-order chi connectivity index (χ1) is 13.1. The molecule has 0 saturated heterocycles. The third-order valence-corrected chi connectivity index (χ3v) is 5.88. The monoisotopic (exact) mass is 396 g/mol. The zero-order valence-electron chi connectivity index (χ0n) is 14.4. The summed E-state index contributed by atoms with van der Waals surface area (Å²) < 4.78 is 0. The molecule has 136 valence electrons. The Hall–Kier alpha value is -2.84. The van der Waals surface area contributed by atoms with Crippen LogP contribution in [0, 0.1) is 6.92 Å². The summed E-state index contributed by atoms with van der Waals surface area (Å²) in [5.41, 5.74) is 3.33. The molecular formula is C19H16N4O2S2. The van der Waals surface area contributed by atoms with Crippen molar-refractivity contribution >= 4 is 45.7 Å². The van der Waals surface area contributed by atoms with Gasteiger partial charge in [-0.15, -0.1) is 23.1 Å². The molecular weight excluding hydrogens is 380 g/mol. The van der Waals surface area contributed by atoms with Crippen molar-refractivity contribution in [1.82, 2.24) is 15.0 Å². The Bertz CT molecular complexity index is 1180. The number of thioether (sulfide) groups is 1. The van der Waals surface area contributed by atoms with Crippen molar-refractivity contribution in [2.24, 2.45) is 0 Å². The van der Waals surface area contributed by atoms with E-state index in [4.69, 9.17) is 0 Å². The summed E-state index contributed by atoms with van der Waals surface area (Å²) in [6.07, 6.45) is 0. The number of fused-ring (bicyclic) bond motifs is 1. The average Bonchev–Trinajstić information content (AvgIpc) is 3.24. The van der Waals surface area contributed by atoms with E-state index in [1.807, 2.05) is 30.5 Å². The lowest BCUT2D eigenvalue weighted by Gasteiger charge is -2.09. The van der Waals surface area contributed by atoms with Gasteiger partial charge in [-0.25, -0.2) is 9.78 Å². The topological polar surface area (TPSA) is 90.6 Å². The van der Waals surface area contributed by atoms with Crippen LogP contribution in [0.2, 0.25) is 0 Å². The number of aryl methyl sites for hydroxylation is 1. The maximum atomic E-state index is 12.8. The van der Waals surface area contributed by atoms with E-state index >= 15 is 0 Å². The lowest BCUT2D eigenvalue weighted by molar-refractivity contribution is 0.102. The number of aromatic amines is 2. The van der Waals surface area contributed by atoms with Crippen LogP contribution in [0.4, 0.5) is 5.69 Å². The molecule has 0 saturated carbocycles. The lowest BCUT2D eigenvalue weighted by Crippen LogP contribution is -2.13. The van der Waals surface area contributed by atoms with Gasteiger partial charge in [0.2, 0.25) is 0 Å². The van der Waals surface area contributed by atoms with E-state index in [2.05, 4.69) is 20.3 Å². The van der Waals surface area contributed by atoms with Gasteiger partial charge in [-0.05, 0) is 37.3 Å². The van der Waals surface area contributed by atoms with Crippen LogP contribution in [0.1, 0.15) is 21.1 Å². The van der Waals surface area contributed by atoms with E-state index in [1.54, 1.807) is 47.4 Å². The summed E-state index contributed by atoms with van der Waals surface area (Å²) in [5.74, 6) is 0.523. The molecule has 0 aliphatic carbocycles. The Labute approximate surface area is 163 Å². The van der Waals surface area contributed by atoms with Crippen LogP contribution in [0.15, 0.2) is 57.5 Å². The molecule has 0 fully saturated rings. The standard InChI is InChI=1S/C19H16N4O2S2/c1-11-20-13(9-26-11)10-27-17-5-3-2-4-14(17)18(24)21-12-6-7-15-16(8-12)23-19(25)22-15/h2-9H,10H2,1H3,(H,21,24)(H2,22,23,25). The number of carbonyl (C=O) groups is 1. The molecule has 8 heteroatoms. The smallest absolute Gasteiger partial charge is 0.322 e. The van der Waals surface area contributed by atoms with E-state index in [0.717, 1.165) is 15.6 Å². The van der Waals surface area contributed by atoms with Crippen molar-refractivity contribution < 1.29 is 4.79 Å². The van der Waals surface area contributed by atoms with Gasteiger partial charge in [-0.1, -0.05) is 12.1 Å². The number of hydrogen-bond donors (Lipinski definition) is 3. The van der Waals surface area contributed by atoms with E-state index in [1.165, 1.54) is 0 Å². The quantitative estimate of drug-likeness (QED) is 0.442. The Balaban J connectivity index is 1.53. The zero-order valence-corrected chi connectivity index (χ0v) is 16.0. The van der Waals surface area contributed by atoms with E-state index < -0.39 is 0 Å². The van der Waals surface area contributed by atoms with Gasteiger partial charge in [-0.2, -0.15) is 0 Å². The van der Waals surface area contributed by atoms with Crippen molar-refractivity contribution in [2.75, 3.05) is 5.32 Å². The third kappa shape index (κ3) is 3.96. The fourth-order valence-electron chi connectivity index (χ4n) is 2.72. The molecule has 0 aliphatic heterocycles. The van der Waals surface area contributed by atoms with Crippen LogP contribution < -0.4 is 11.0 Å². The molecule has 0 aliphatic rings. The van der Waals surface area contributed by atoms with Gasteiger partial charge in [0.05, 0.1) is 27.3 Å². The fraction of sp³-hybridized carbons (Fsp3) is 0.105. The molecule has 2 heterocycles. The number of anilines is 1. The molecule has 27 heavy (non-hydrogen) atoms. The maximum absolute atomic E-state index is 12.8. The number of benzene rings is 2. The Kier molecular flexibility index (Phi) is 4.83. The van der Waals surface area contributed by atoms with Crippen molar-refractivity contribution in [3.63, 3.8) is 0 Å².